The second-order valence-electron chi connectivity index (χ2n) is 3.82. The van der Waals surface area contributed by atoms with Gasteiger partial charge in [0, 0.05) is 38.9 Å². The van der Waals surface area contributed by atoms with E-state index in [0.29, 0.717) is 0 Å². The van der Waals surface area contributed by atoms with Crippen molar-refractivity contribution in [2.24, 2.45) is 5.92 Å². The minimum atomic E-state index is 0.722. The van der Waals surface area contributed by atoms with E-state index < -0.39 is 0 Å². The predicted molar refractivity (Wildman–Crippen MR) is 48.2 cm³/mol. The third-order valence-electron chi connectivity index (χ3n) is 2.78. The van der Waals surface area contributed by atoms with Gasteiger partial charge in [0.15, 0.2) is 0 Å². The van der Waals surface area contributed by atoms with Crippen LogP contribution in [0.4, 0.5) is 0 Å². The fourth-order valence-electron chi connectivity index (χ4n) is 1.73. The van der Waals surface area contributed by atoms with E-state index >= 15 is 0 Å². The Bertz CT molecular complexity index is 130. The van der Waals surface area contributed by atoms with Gasteiger partial charge in [-0.15, -0.1) is 0 Å². The summed E-state index contributed by atoms with van der Waals surface area (Å²) in [6.07, 6.45) is 2.39. The summed E-state index contributed by atoms with van der Waals surface area (Å²) >= 11 is 0. The Kier molecular flexibility index (Phi) is 2.98. The summed E-state index contributed by atoms with van der Waals surface area (Å²) in [7, 11) is 0. The van der Waals surface area contributed by atoms with Crippen LogP contribution in [0.2, 0.25) is 0 Å². The molecule has 0 aromatic rings. The molecular weight excluding hydrogens is 152 g/mol. The summed E-state index contributed by atoms with van der Waals surface area (Å²) in [5.41, 5.74) is 0. The van der Waals surface area contributed by atoms with Gasteiger partial charge in [-0.3, -0.25) is 0 Å². The van der Waals surface area contributed by atoms with Gasteiger partial charge in [-0.1, -0.05) is 0 Å². The third kappa shape index (κ3) is 2.19. The molecular formula is C9H18N2O. The number of hydrogen-bond acceptors (Lipinski definition) is 3. The average molecular weight is 170 g/mol. The van der Waals surface area contributed by atoms with E-state index in [1.165, 1.54) is 32.5 Å². The van der Waals surface area contributed by atoms with E-state index in [1.807, 2.05) is 0 Å². The molecule has 3 nitrogen and oxygen atoms in total. The lowest BCUT2D eigenvalue weighted by atomic mass is 10.0. The molecule has 0 aliphatic carbocycles. The van der Waals surface area contributed by atoms with Gasteiger partial charge in [-0.05, 0) is 18.8 Å². The molecule has 0 aromatic heterocycles. The molecule has 0 bridgehead atoms. The molecule has 2 saturated heterocycles. The summed E-state index contributed by atoms with van der Waals surface area (Å²) in [4.78, 5) is 0. The highest BCUT2D eigenvalue weighted by Crippen LogP contribution is 2.08. The van der Waals surface area contributed by atoms with Gasteiger partial charge in [0.2, 0.25) is 0 Å². The van der Waals surface area contributed by atoms with E-state index in [0.717, 1.165) is 25.2 Å². The monoisotopic (exact) mass is 170 g/mol. The number of rotatable bonds is 3. The normalized spacial score (nSPS) is 27.0. The fraction of sp³-hybridized carbons (Fsp3) is 1.00. The van der Waals surface area contributed by atoms with E-state index in [1.54, 1.807) is 0 Å². The van der Waals surface area contributed by atoms with Gasteiger partial charge < -0.3 is 15.4 Å². The predicted octanol–water partition coefficient (Wildman–Crippen LogP) is -0.0256. The van der Waals surface area contributed by atoms with Crippen LogP contribution >= 0.6 is 0 Å². The van der Waals surface area contributed by atoms with Crippen molar-refractivity contribution in [3.05, 3.63) is 0 Å². The quantitative estimate of drug-likeness (QED) is 0.624. The molecule has 0 saturated carbocycles. The summed E-state index contributed by atoms with van der Waals surface area (Å²) < 4.78 is 5.29. The zero-order chi connectivity index (χ0) is 8.23. The SMILES string of the molecule is C1CC(NCC2CNC2)CCO1. The number of nitrogens with one attached hydrogen (secondary N) is 2. The van der Waals surface area contributed by atoms with E-state index in [9.17, 15) is 0 Å². The van der Waals surface area contributed by atoms with Crippen molar-refractivity contribution in [3.8, 4) is 0 Å². The van der Waals surface area contributed by atoms with Crippen molar-refractivity contribution >= 4 is 0 Å². The van der Waals surface area contributed by atoms with Gasteiger partial charge in [-0.2, -0.15) is 0 Å². The molecule has 0 spiro atoms. The molecule has 2 rings (SSSR count). The zero-order valence-electron chi connectivity index (χ0n) is 7.51. The maximum Gasteiger partial charge on any atom is 0.0480 e. The first-order valence-electron chi connectivity index (χ1n) is 4.97. The summed E-state index contributed by atoms with van der Waals surface area (Å²) in [5, 5.41) is 6.89. The van der Waals surface area contributed by atoms with Crippen molar-refractivity contribution in [2.45, 2.75) is 18.9 Å². The number of ether oxygens (including phenoxy) is 1. The lowest BCUT2D eigenvalue weighted by Gasteiger charge is -2.30. The molecule has 0 amide bonds. The third-order valence-corrected chi connectivity index (χ3v) is 2.78. The Morgan fingerprint density at radius 3 is 2.58 bits per heavy atom. The van der Waals surface area contributed by atoms with Crippen LogP contribution in [0.1, 0.15) is 12.8 Å². The Morgan fingerprint density at radius 2 is 2.00 bits per heavy atom. The minimum Gasteiger partial charge on any atom is -0.381 e. The molecule has 0 atom stereocenters. The van der Waals surface area contributed by atoms with Crippen LogP contribution in [0, 0.1) is 5.92 Å². The highest BCUT2D eigenvalue weighted by atomic mass is 16.5. The second-order valence-corrected chi connectivity index (χ2v) is 3.82. The van der Waals surface area contributed by atoms with Gasteiger partial charge in [0.1, 0.15) is 0 Å². The fourth-order valence-corrected chi connectivity index (χ4v) is 1.73. The Morgan fingerprint density at radius 1 is 1.25 bits per heavy atom. The van der Waals surface area contributed by atoms with Crippen molar-refractivity contribution in [3.63, 3.8) is 0 Å². The van der Waals surface area contributed by atoms with Crippen molar-refractivity contribution in [1.82, 2.24) is 10.6 Å². The van der Waals surface area contributed by atoms with Crippen LogP contribution in [0.5, 0.6) is 0 Å². The maximum atomic E-state index is 5.29. The standard InChI is InChI=1S/C9H18N2O/c1-3-12-4-2-9(1)11-7-8-5-10-6-8/h8-11H,1-7H2. The Balaban J connectivity index is 1.58. The van der Waals surface area contributed by atoms with Crippen molar-refractivity contribution in [1.29, 1.82) is 0 Å². The van der Waals surface area contributed by atoms with E-state index in [2.05, 4.69) is 10.6 Å². The molecule has 2 aliphatic rings. The van der Waals surface area contributed by atoms with E-state index in [-0.39, 0.29) is 0 Å². The summed E-state index contributed by atoms with van der Waals surface area (Å²) in [6.45, 7) is 5.49. The molecule has 2 fully saturated rings. The highest BCUT2D eigenvalue weighted by Gasteiger charge is 2.19. The van der Waals surface area contributed by atoms with Gasteiger partial charge in [-0.25, -0.2) is 0 Å². The molecule has 0 aromatic carbocycles. The summed E-state index contributed by atoms with van der Waals surface area (Å²) in [5.74, 6) is 0.882. The molecule has 0 radical (unpaired) electrons. The van der Waals surface area contributed by atoms with E-state index in [4.69, 9.17) is 4.74 Å². The first-order chi connectivity index (χ1) is 5.95. The highest BCUT2D eigenvalue weighted by molar-refractivity contribution is 4.79. The second kappa shape index (κ2) is 4.21. The lowest BCUT2D eigenvalue weighted by Crippen LogP contribution is -2.49. The molecule has 0 unspecified atom stereocenters. The smallest absolute Gasteiger partial charge is 0.0480 e. The maximum absolute atomic E-state index is 5.29. The molecule has 2 heterocycles. The molecule has 2 N–H and O–H groups in total. The van der Waals surface area contributed by atoms with Crippen LogP contribution in [0.25, 0.3) is 0 Å². The lowest BCUT2D eigenvalue weighted by molar-refractivity contribution is 0.0761. The van der Waals surface area contributed by atoms with Crippen LogP contribution in [-0.2, 0) is 4.74 Å². The van der Waals surface area contributed by atoms with Crippen LogP contribution in [0.3, 0.4) is 0 Å². The van der Waals surface area contributed by atoms with Crippen LogP contribution in [0.15, 0.2) is 0 Å². The van der Waals surface area contributed by atoms with Gasteiger partial charge >= 0.3 is 0 Å². The van der Waals surface area contributed by atoms with Crippen molar-refractivity contribution in [2.75, 3.05) is 32.8 Å². The van der Waals surface area contributed by atoms with Crippen molar-refractivity contribution < 1.29 is 4.74 Å². The summed E-state index contributed by atoms with van der Waals surface area (Å²) in [6, 6.07) is 0.722. The molecule has 2 aliphatic heterocycles. The first kappa shape index (κ1) is 8.48. The van der Waals surface area contributed by atoms with Crippen LogP contribution < -0.4 is 10.6 Å². The zero-order valence-corrected chi connectivity index (χ0v) is 7.51. The largest absolute Gasteiger partial charge is 0.381 e. The molecule has 3 heteroatoms. The van der Waals surface area contributed by atoms with Gasteiger partial charge in [0.25, 0.3) is 0 Å². The minimum absolute atomic E-state index is 0.722. The average Bonchev–Trinajstić information content (AvgIpc) is 2.04. The Labute approximate surface area is 73.9 Å². The van der Waals surface area contributed by atoms with Gasteiger partial charge in [0.05, 0.1) is 0 Å². The molecule has 12 heavy (non-hydrogen) atoms. The molecule has 70 valence electrons. The first-order valence-corrected chi connectivity index (χ1v) is 4.97. The number of hydrogen-bond donors (Lipinski definition) is 2. The Hall–Kier alpha value is -0.120. The van der Waals surface area contributed by atoms with Crippen LogP contribution in [-0.4, -0.2) is 38.9 Å². The topological polar surface area (TPSA) is 33.3 Å².